The number of aryl methyl sites for hydroxylation is 2. The minimum atomic E-state index is -0.672. The smallest absolute Gasteiger partial charge is 0.354 e. The van der Waals surface area contributed by atoms with E-state index in [1.807, 2.05) is 48.5 Å². The second-order valence-electron chi connectivity index (χ2n) is 7.33. The van der Waals surface area contributed by atoms with Gasteiger partial charge >= 0.3 is 5.97 Å². The van der Waals surface area contributed by atoms with E-state index < -0.39 is 12.0 Å². The fourth-order valence-corrected chi connectivity index (χ4v) is 3.58. The molecule has 1 aliphatic rings. The first kappa shape index (κ1) is 21.3. The van der Waals surface area contributed by atoms with E-state index in [4.69, 9.17) is 4.74 Å². The fraction of sp³-hybridized carbons (Fsp3) is 0.250. The van der Waals surface area contributed by atoms with Crippen molar-refractivity contribution in [2.45, 2.75) is 32.4 Å². The first-order chi connectivity index (χ1) is 15.7. The number of hydrogen-bond donors (Lipinski definition) is 1. The van der Waals surface area contributed by atoms with E-state index in [0.29, 0.717) is 12.4 Å². The summed E-state index contributed by atoms with van der Waals surface area (Å²) in [6.45, 7) is 2.62. The van der Waals surface area contributed by atoms with E-state index >= 15 is 0 Å². The SMILES string of the molecule is CCOC(=O)C1=NN(c2ccccc2)C(C(=O)Nc2ccnn2CCc2ccccc2)C1. The lowest BCUT2D eigenvalue weighted by atomic mass is 10.1. The zero-order chi connectivity index (χ0) is 22.3. The molecular weight excluding hydrogens is 406 g/mol. The Labute approximate surface area is 186 Å². The summed E-state index contributed by atoms with van der Waals surface area (Å²) < 4.78 is 6.86. The van der Waals surface area contributed by atoms with Gasteiger partial charge in [-0.25, -0.2) is 9.48 Å². The van der Waals surface area contributed by atoms with Gasteiger partial charge in [0.2, 0.25) is 0 Å². The molecule has 2 aromatic carbocycles. The van der Waals surface area contributed by atoms with Crippen LogP contribution in [-0.4, -0.2) is 40.0 Å². The summed E-state index contributed by atoms with van der Waals surface area (Å²) in [5, 5.41) is 13.3. The van der Waals surface area contributed by atoms with E-state index in [0.717, 1.165) is 12.1 Å². The summed E-state index contributed by atoms with van der Waals surface area (Å²) in [4.78, 5) is 25.5. The van der Waals surface area contributed by atoms with Gasteiger partial charge in [0.15, 0.2) is 0 Å². The normalized spacial score (nSPS) is 15.3. The van der Waals surface area contributed by atoms with Crippen LogP contribution in [-0.2, 0) is 27.3 Å². The molecule has 1 N–H and O–H groups in total. The second-order valence-corrected chi connectivity index (χ2v) is 7.33. The maximum Gasteiger partial charge on any atom is 0.354 e. The van der Waals surface area contributed by atoms with Gasteiger partial charge in [-0.2, -0.15) is 10.2 Å². The number of hydrazone groups is 1. The number of para-hydroxylation sites is 1. The van der Waals surface area contributed by atoms with Crippen LogP contribution in [0.25, 0.3) is 0 Å². The first-order valence-electron chi connectivity index (χ1n) is 10.6. The monoisotopic (exact) mass is 431 g/mol. The molecule has 3 aromatic rings. The molecule has 1 aromatic heterocycles. The molecule has 0 fully saturated rings. The van der Waals surface area contributed by atoms with Crippen molar-refractivity contribution in [1.29, 1.82) is 0 Å². The molecule has 8 heteroatoms. The molecule has 1 aliphatic heterocycles. The zero-order valence-electron chi connectivity index (χ0n) is 17.8. The highest BCUT2D eigenvalue weighted by Crippen LogP contribution is 2.26. The van der Waals surface area contributed by atoms with Gasteiger partial charge in [-0.15, -0.1) is 0 Å². The van der Waals surface area contributed by atoms with Crippen LogP contribution in [0.2, 0.25) is 0 Å². The fourth-order valence-electron chi connectivity index (χ4n) is 3.58. The number of nitrogens with one attached hydrogen (secondary N) is 1. The quantitative estimate of drug-likeness (QED) is 0.553. The topological polar surface area (TPSA) is 88.8 Å². The summed E-state index contributed by atoms with van der Waals surface area (Å²) >= 11 is 0. The van der Waals surface area contributed by atoms with Crippen molar-refractivity contribution in [3.05, 3.63) is 78.5 Å². The Morgan fingerprint density at radius 1 is 1.06 bits per heavy atom. The molecule has 164 valence electrons. The number of rotatable bonds is 8. The van der Waals surface area contributed by atoms with Crippen molar-refractivity contribution in [2.24, 2.45) is 5.10 Å². The Hall–Kier alpha value is -3.94. The molecule has 8 nitrogen and oxygen atoms in total. The number of hydrogen-bond acceptors (Lipinski definition) is 6. The molecule has 1 atom stereocenters. The highest BCUT2D eigenvalue weighted by molar-refractivity contribution is 6.38. The predicted octanol–water partition coefficient (Wildman–Crippen LogP) is 3.26. The lowest BCUT2D eigenvalue weighted by Gasteiger charge is -2.22. The summed E-state index contributed by atoms with van der Waals surface area (Å²) in [5.41, 5.74) is 2.15. The number of nitrogens with zero attached hydrogens (tertiary/aromatic N) is 4. The van der Waals surface area contributed by atoms with Crippen LogP contribution in [0.3, 0.4) is 0 Å². The standard InChI is InChI=1S/C24H25N5O3/c1-2-32-24(31)20-17-21(29(27-20)19-11-7-4-8-12-19)23(30)26-22-13-15-25-28(22)16-14-18-9-5-3-6-10-18/h3-13,15,21H,2,14,16-17H2,1H3,(H,26,30). The largest absolute Gasteiger partial charge is 0.461 e. The van der Waals surface area contributed by atoms with Crippen LogP contribution in [0, 0.1) is 0 Å². The Morgan fingerprint density at radius 2 is 1.78 bits per heavy atom. The maximum absolute atomic E-state index is 13.2. The van der Waals surface area contributed by atoms with Crippen LogP contribution < -0.4 is 10.3 Å². The summed E-state index contributed by atoms with van der Waals surface area (Å²) in [5.74, 6) is -0.168. The minimum absolute atomic E-state index is 0.164. The number of aromatic nitrogens is 2. The number of carbonyl (C=O) groups excluding carboxylic acids is 2. The second kappa shape index (κ2) is 9.91. The van der Waals surface area contributed by atoms with Gasteiger partial charge in [-0.3, -0.25) is 9.80 Å². The predicted molar refractivity (Wildman–Crippen MR) is 122 cm³/mol. The summed E-state index contributed by atoms with van der Waals surface area (Å²) in [6.07, 6.45) is 2.61. The molecule has 0 saturated carbocycles. The van der Waals surface area contributed by atoms with E-state index in [9.17, 15) is 9.59 Å². The van der Waals surface area contributed by atoms with E-state index in [-0.39, 0.29) is 24.6 Å². The lowest BCUT2D eigenvalue weighted by molar-refractivity contribution is -0.135. The first-order valence-corrected chi connectivity index (χ1v) is 10.6. The van der Waals surface area contributed by atoms with E-state index in [1.54, 1.807) is 28.9 Å². The van der Waals surface area contributed by atoms with Crippen LogP contribution >= 0.6 is 0 Å². The number of anilines is 2. The Kier molecular flexibility index (Phi) is 6.60. The van der Waals surface area contributed by atoms with Gasteiger partial charge in [-0.1, -0.05) is 48.5 Å². The van der Waals surface area contributed by atoms with Crippen LogP contribution in [0.1, 0.15) is 18.9 Å². The van der Waals surface area contributed by atoms with Crippen LogP contribution in [0.4, 0.5) is 11.5 Å². The lowest BCUT2D eigenvalue weighted by Crippen LogP contribution is -2.39. The number of esters is 1. The van der Waals surface area contributed by atoms with E-state index in [2.05, 4.69) is 27.6 Å². The van der Waals surface area contributed by atoms with Gasteiger partial charge < -0.3 is 10.1 Å². The molecule has 32 heavy (non-hydrogen) atoms. The van der Waals surface area contributed by atoms with Gasteiger partial charge in [0.05, 0.1) is 18.5 Å². The molecule has 0 aliphatic carbocycles. The summed E-state index contributed by atoms with van der Waals surface area (Å²) in [7, 11) is 0. The number of ether oxygens (including phenoxy) is 1. The summed E-state index contributed by atoms with van der Waals surface area (Å²) in [6, 6.07) is 20.5. The molecule has 1 amide bonds. The highest BCUT2D eigenvalue weighted by atomic mass is 16.5. The number of amides is 1. The van der Waals surface area contributed by atoms with Crippen molar-refractivity contribution < 1.29 is 14.3 Å². The van der Waals surface area contributed by atoms with Gasteiger partial charge in [-0.05, 0) is 31.0 Å². The third kappa shape index (κ3) is 4.85. The average molecular weight is 431 g/mol. The molecule has 4 rings (SSSR count). The highest BCUT2D eigenvalue weighted by Gasteiger charge is 2.37. The van der Waals surface area contributed by atoms with Crippen molar-refractivity contribution in [1.82, 2.24) is 9.78 Å². The van der Waals surface area contributed by atoms with Crippen molar-refractivity contribution in [2.75, 3.05) is 16.9 Å². The van der Waals surface area contributed by atoms with Crippen LogP contribution in [0.5, 0.6) is 0 Å². The Bertz CT molecular complexity index is 1100. The zero-order valence-corrected chi connectivity index (χ0v) is 17.8. The number of benzene rings is 2. The molecular formula is C24H25N5O3. The van der Waals surface area contributed by atoms with Crippen LogP contribution in [0.15, 0.2) is 78.0 Å². The molecule has 0 radical (unpaired) electrons. The van der Waals surface area contributed by atoms with E-state index in [1.165, 1.54) is 5.56 Å². The number of carbonyl (C=O) groups is 2. The third-order valence-corrected chi connectivity index (χ3v) is 5.17. The van der Waals surface area contributed by atoms with Crippen molar-refractivity contribution in [3.63, 3.8) is 0 Å². The van der Waals surface area contributed by atoms with Gasteiger partial charge in [0.1, 0.15) is 17.6 Å². The maximum atomic E-state index is 13.2. The van der Waals surface area contributed by atoms with Crippen molar-refractivity contribution in [3.8, 4) is 0 Å². The molecule has 0 saturated heterocycles. The average Bonchev–Trinajstić information content (AvgIpc) is 3.46. The Balaban J connectivity index is 1.49. The Morgan fingerprint density at radius 3 is 2.50 bits per heavy atom. The molecule has 1 unspecified atom stereocenters. The molecule has 0 spiro atoms. The van der Waals surface area contributed by atoms with Crippen molar-refractivity contribution >= 4 is 29.1 Å². The molecule has 2 heterocycles. The van der Waals surface area contributed by atoms with Gasteiger partial charge in [0, 0.05) is 19.0 Å². The minimum Gasteiger partial charge on any atom is -0.461 e. The van der Waals surface area contributed by atoms with Gasteiger partial charge in [0.25, 0.3) is 5.91 Å². The third-order valence-electron chi connectivity index (χ3n) is 5.17. The molecule has 0 bridgehead atoms.